The Bertz CT molecular complexity index is 852. The largest absolute Gasteiger partial charge is 0.398 e. The number of hydrogen-bond donors (Lipinski definition) is 1. The van der Waals surface area contributed by atoms with Gasteiger partial charge in [0.1, 0.15) is 11.6 Å². The molecule has 1 aliphatic rings. The van der Waals surface area contributed by atoms with Crippen LogP contribution in [0.15, 0.2) is 40.9 Å². The number of anilines is 1. The predicted molar refractivity (Wildman–Crippen MR) is 85.5 cm³/mol. The number of aromatic nitrogens is 2. The van der Waals surface area contributed by atoms with Crippen molar-refractivity contribution in [1.29, 1.82) is 0 Å². The van der Waals surface area contributed by atoms with Crippen LogP contribution in [0.25, 0.3) is 22.4 Å². The third kappa shape index (κ3) is 2.12. The maximum absolute atomic E-state index is 13.4. The molecule has 3 nitrogen and oxygen atoms in total. The maximum atomic E-state index is 13.4. The Hall–Kier alpha value is -1.88. The molecule has 2 aromatic carbocycles. The highest BCUT2D eigenvalue weighted by molar-refractivity contribution is 9.10. The summed E-state index contributed by atoms with van der Waals surface area (Å²) in [6.45, 7) is 0. The van der Waals surface area contributed by atoms with Gasteiger partial charge in [-0.15, -0.1) is 0 Å². The molecule has 3 aromatic rings. The number of nitrogen functional groups attached to an aromatic ring is 1. The van der Waals surface area contributed by atoms with Crippen molar-refractivity contribution in [2.75, 3.05) is 5.73 Å². The standard InChI is InChI=1S/C16H13BrFN3/c17-9-1-5-12(13(19)7-9)16-20-14-8-10(18)2-6-15(14)21(16)11-3-4-11/h1-2,5-8,11H,3-4,19H2. The predicted octanol–water partition coefficient (Wildman–Crippen LogP) is 4.52. The lowest BCUT2D eigenvalue weighted by molar-refractivity contribution is 0.629. The van der Waals surface area contributed by atoms with Gasteiger partial charge in [-0.3, -0.25) is 0 Å². The van der Waals surface area contributed by atoms with Crippen LogP contribution >= 0.6 is 15.9 Å². The van der Waals surface area contributed by atoms with Gasteiger partial charge >= 0.3 is 0 Å². The van der Waals surface area contributed by atoms with Crippen molar-refractivity contribution in [2.24, 2.45) is 0 Å². The number of fused-ring (bicyclic) bond motifs is 1. The summed E-state index contributed by atoms with van der Waals surface area (Å²) < 4.78 is 16.6. The highest BCUT2D eigenvalue weighted by Crippen LogP contribution is 2.42. The van der Waals surface area contributed by atoms with Crippen molar-refractivity contribution in [3.63, 3.8) is 0 Å². The molecule has 1 aliphatic carbocycles. The molecule has 21 heavy (non-hydrogen) atoms. The van der Waals surface area contributed by atoms with Crippen molar-refractivity contribution in [1.82, 2.24) is 9.55 Å². The number of benzene rings is 2. The van der Waals surface area contributed by atoms with Crippen LogP contribution in [0.2, 0.25) is 0 Å². The normalized spacial score (nSPS) is 14.8. The molecule has 0 bridgehead atoms. The molecule has 0 aliphatic heterocycles. The SMILES string of the molecule is Nc1cc(Br)ccc1-c1nc2cc(F)ccc2n1C1CC1. The second-order valence-electron chi connectivity index (χ2n) is 5.40. The highest BCUT2D eigenvalue weighted by Gasteiger charge is 2.29. The van der Waals surface area contributed by atoms with E-state index in [9.17, 15) is 4.39 Å². The van der Waals surface area contributed by atoms with E-state index in [1.165, 1.54) is 12.1 Å². The van der Waals surface area contributed by atoms with Crippen LogP contribution in [0.1, 0.15) is 18.9 Å². The molecule has 0 atom stereocenters. The van der Waals surface area contributed by atoms with E-state index >= 15 is 0 Å². The van der Waals surface area contributed by atoms with Crippen LogP contribution in [-0.2, 0) is 0 Å². The Kier molecular flexibility index (Phi) is 2.79. The number of nitrogens with two attached hydrogens (primary N) is 1. The number of hydrogen-bond acceptors (Lipinski definition) is 2. The molecule has 1 fully saturated rings. The van der Waals surface area contributed by atoms with Gasteiger partial charge in [0.15, 0.2) is 0 Å². The third-order valence-corrected chi connectivity index (χ3v) is 4.31. The quantitative estimate of drug-likeness (QED) is 0.693. The summed E-state index contributed by atoms with van der Waals surface area (Å²) >= 11 is 3.42. The molecule has 1 saturated carbocycles. The Morgan fingerprint density at radius 2 is 2.00 bits per heavy atom. The lowest BCUT2D eigenvalue weighted by Crippen LogP contribution is -2.00. The summed E-state index contributed by atoms with van der Waals surface area (Å²) in [5.74, 6) is 0.557. The average molecular weight is 346 g/mol. The molecule has 1 aromatic heterocycles. The van der Waals surface area contributed by atoms with Gasteiger partial charge in [0, 0.05) is 27.8 Å². The molecule has 0 unspecified atom stereocenters. The Labute approximate surface area is 129 Å². The fourth-order valence-corrected chi connectivity index (χ4v) is 3.08. The topological polar surface area (TPSA) is 43.8 Å². The van der Waals surface area contributed by atoms with Crippen LogP contribution in [0.3, 0.4) is 0 Å². The summed E-state index contributed by atoms with van der Waals surface area (Å²) in [7, 11) is 0. The fraction of sp³-hybridized carbons (Fsp3) is 0.188. The van der Waals surface area contributed by atoms with E-state index in [0.29, 0.717) is 17.2 Å². The van der Waals surface area contributed by atoms with E-state index in [4.69, 9.17) is 5.73 Å². The summed E-state index contributed by atoms with van der Waals surface area (Å²) in [6, 6.07) is 11.0. The van der Waals surface area contributed by atoms with Crippen LogP contribution in [0, 0.1) is 5.82 Å². The van der Waals surface area contributed by atoms with Gasteiger partial charge in [-0.25, -0.2) is 9.37 Å². The number of imidazole rings is 1. The first-order valence-corrected chi connectivity index (χ1v) is 7.65. The lowest BCUT2D eigenvalue weighted by Gasteiger charge is -2.10. The average Bonchev–Trinajstić information content (AvgIpc) is 3.20. The van der Waals surface area contributed by atoms with Crippen LogP contribution in [-0.4, -0.2) is 9.55 Å². The Balaban J connectivity index is 2.01. The fourth-order valence-electron chi connectivity index (χ4n) is 2.70. The molecule has 5 heteroatoms. The molecule has 2 N–H and O–H groups in total. The van der Waals surface area contributed by atoms with Crippen molar-refractivity contribution in [3.8, 4) is 11.4 Å². The summed E-state index contributed by atoms with van der Waals surface area (Å²) in [6.07, 6.45) is 2.26. The van der Waals surface area contributed by atoms with Crippen molar-refractivity contribution >= 4 is 32.7 Å². The molecule has 106 valence electrons. The van der Waals surface area contributed by atoms with Crippen molar-refractivity contribution < 1.29 is 4.39 Å². The molecule has 1 heterocycles. The zero-order chi connectivity index (χ0) is 14.6. The molecule has 0 radical (unpaired) electrons. The van der Waals surface area contributed by atoms with Crippen LogP contribution < -0.4 is 5.73 Å². The second-order valence-corrected chi connectivity index (χ2v) is 6.32. The van der Waals surface area contributed by atoms with Crippen LogP contribution in [0.5, 0.6) is 0 Å². The maximum Gasteiger partial charge on any atom is 0.143 e. The smallest absolute Gasteiger partial charge is 0.143 e. The molecule has 0 amide bonds. The number of halogens is 2. The zero-order valence-electron chi connectivity index (χ0n) is 11.2. The van der Waals surface area contributed by atoms with Gasteiger partial charge in [-0.1, -0.05) is 15.9 Å². The minimum absolute atomic E-state index is 0.265. The monoisotopic (exact) mass is 345 g/mol. The van der Waals surface area contributed by atoms with E-state index in [1.807, 2.05) is 18.2 Å². The van der Waals surface area contributed by atoms with E-state index in [2.05, 4.69) is 25.5 Å². The second kappa shape index (κ2) is 4.56. The Morgan fingerprint density at radius 1 is 1.19 bits per heavy atom. The molecular formula is C16H13BrFN3. The summed E-state index contributed by atoms with van der Waals surface area (Å²) in [4.78, 5) is 4.62. The van der Waals surface area contributed by atoms with E-state index in [0.717, 1.165) is 34.2 Å². The molecule has 4 rings (SSSR count). The van der Waals surface area contributed by atoms with Crippen LogP contribution in [0.4, 0.5) is 10.1 Å². The van der Waals surface area contributed by atoms with E-state index in [-0.39, 0.29) is 5.82 Å². The van der Waals surface area contributed by atoms with Gasteiger partial charge in [0.2, 0.25) is 0 Å². The van der Waals surface area contributed by atoms with Crippen molar-refractivity contribution in [3.05, 3.63) is 46.7 Å². The van der Waals surface area contributed by atoms with Crippen molar-refractivity contribution in [2.45, 2.75) is 18.9 Å². The first-order valence-electron chi connectivity index (χ1n) is 6.86. The third-order valence-electron chi connectivity index (χ3n) is 3.82. The Morgan fingerprint density at radius 3 is 2.71 bits per heavy atom. The minimum atomic E-state index is -0.265. The van der Waals surface area contributed by atoms with Gasteiger partial charge in [-0.05, 0) is 43.2 Å². The van der Waals surface area contributed by atoms with Gasteiger partial charge in [-0.2, -0.15) is 0 Å². The highest BCUT2D eigenvalue weighted by atomic mass is 79.9. The first kappa shape index (κ1) is 12.8. The van der Waals surface area contributed by atoms with Gasteiger partial charge in [0.05, 0.1) is 11.0 Å². The minimum Gasteiger partial charge on any atom is -0.398 e. The molecule has 0 saturated heterocycles. The first-order chi connectivity index (χ1) is 10.1. The van der Waals surface area contributed by atoms with E-state index in [1.54, 1.807) is 6.07 Å². The molecule has 0 spiro atoms. The zero-order valence-corrected chi connectivity index (χ0v) is 12.8. The lowest BCUT2D eigenvalue weighted by atomic mass is 10.1. The van der Waals surface area contributed by atoms with Gasteiger partial charge < -0.3 is 10.3 Å². The van der Waals surface area contributed by atoms with Gasteiger partial charge in [0.25, 0.3) is 0 Å². The van der Waals surface area contributed by atoms with E-state index < -0.39 is 0 Å². The summed E-state index contributed by atoms with van der Waals surface area (Å²) in [5.41, 5.74) is 9.34. The number of nitrogens with zero attached hydrogens (tertiary/aromatic N) is 2. The summed E-state index contributed by atoms with van der Waals surface area (Å²) in [5, 5.41) is 0. The number of rotatable bonds is 2. The molecular weight excluding hydrogens is 333 g/mol.